The maximum absolute atomic E-state index is 11.9. The molecule has 2 unspecified atom stereocenters. The number of nitrogens with zero attached hydrogens (tertiary/aromatic N) is 1. The molecule has 4 heteroatoms. The van der Waals surface area contributed by atoms with Gasteiger partial charge in [-0.15, -0.1) is 0 Å². The smallest absolute Gasteiger partial charge is 0.336 e. The van der Waals surface area contributed by atoms with E-state index in [0.717, 1.165) is 36.1 Å². The summed E-state index contributed by atoms with van der Waals surface area (Å²) in [6.07, 6.45) is 1.28. The van der Waals surface area contributed by atoms with Gasteiger partial charge in [0.15, 0.2) is 0 Å². The zero-order chi connectivity index (χ0) is 15.9. The van der Waals surface area contributed by atoms with Crippen molar-refractivity contribution in [2.75, 3.05) is 13.1 Å². The molecule has 118 valence electrons. The van der Waals surface area contributed by atoms with E-state index in [-0.39, 0.29) is 5.63 Å². The van der Waals surface area contributed by atoms with Gasteiger partial charge in [0, 0.05) is 36.1 Å². The highest BCUT2D eigenvalue weighted by Crippen LogP contribution is 2.28. The monoisotopic (exact) mass is 319 g/mol. The van der Waals surface area contributed by atoms with E-state index in [9.17, 15) is 4.79 Å². The van der Waals surface area contributed by atoms with Gasteiger partial charge in [-0.3, -0.25) is 4.90 Å². The number of benzene rings is 1. The third-order valence-corrected chi connectivity index (χ3v) is 4.86. The Morgan fingerprint density at radius 3 is 2.59 bits per heavy atom. The van der Waals surface area contributed by atoms with Crippen molar-refractivity contribution in [1.82, 2.24) is 4.90 Å². The Kier molecular flexibility index (Phi) is 4.28. The maximum Gasteiger partial charge on any atom is 0.336 e. The van der Waals surface area contributed by atoms with Crippen LogP contribution >= 0.6 is 11.6 Å². The highest BCUT2D eigenvalue weighted by atomic mass is 35.5. The van der Waals surface area contributed by atoms with Gasteiger partial charge in [-0.1, -0.05) is 25.4 Å². The highest BCUT2D eigenvalue weighted by Gasteiger charge is 2.22. The number of likely N-dealkylation sites (tertiary alicyclic amines) is 1. The van der Waals surface area contributed by atoms with Gasteiger partial charge in [0.25, 0.3) is 0 Å². The predicted octanol–water partition coefficient (Wildman–Crippen LogP) is 4.23. The lowest BCUT2D eigenvalue weighted by molar-refractivity contribution is 0.134. The molecule has 3 nitrogen and oxygen atoms in total. The number of piperidine rings is 1. The fourth-order valence-electron chi connectivity index (χ4n) is 3.64. The van der Waals surface area contributed by atoms with E-state index in [2.05, 4.69) is 18.7 Å². The van der Waals surface area contributed by atoms with Gasteiger partial charge >= 0.3 is 5.63 Å². The Balaban J connectivity index is 1.99. The lowest BCUT2D eigenvalue weighted by atomic mass is 9.91. The van der Waals surface area contributed by atoms with Crippen LogP contribution in [0.1, 0.15) is 31.4 Å². The van der Waals surface area contributed by atoms with Crippen molar-refractivity contribution in [1.29, 1.82) is 0 Å². The molecule has 2 heterocycles. The highest BCUT2D eigenvalue weighted by molar-refractivity contribution is 6.32. The SMILES string of the molecule is Cc1cc2oc(=O)cc(CN3CC(C)CC(C)C3)c2cc1Cl. The fourth-order valence-corrected chi connectivity index (χ4v) is 3.80. The molecule has 0 aliphatic carbocycles. The number of halogens is 1. The molecule has 0 N–H and O–H groups in total. The van der Waals surface area contributed by atoms with E-state index >= 15 is 0 Å². The summed E-state index contributed by atoms with van der Waals surface area (Å²) in [7, 11) is 0. The molecule has 0 amide bonds. The summed E-state index contributed by atoms with van der Waals surface area (Å²) in [5.41, 5.74) is 2.27. The molecular weight excluding hydrogens is 298 g/mol. The molecule has 1 aromatic heterocycles. The van der Waals surface area contributed by atoms with Crippen molar-refractivity contribution in [3.63, 3.8) is 0 Å². The molecule has 2 aromatic rings. The van der Waals surface area contributed by atoms with Gasteiger partial charge in [-0.25, -0.2) is 4.79 Å². The number of hydrogen-bond donors (Lipinski definition) is 0. The minimum Gasteiger partial charge on any atom is -0.423 e. The number of rotatable bonds is 2. The molecule has 1 aliphatic rings. The summed E-state index contributed by atoms with van der Waals surface area (Å²) in [4.78, 5) is 14.3. The predicted molar refractivity (Wildman–Crippen MR) is 90.5 cm³/mol. The number of fused-ring (bicyclic) bond motifs is 1. The molecule has 1 aliphatic heterocycles. The second-order valence-electron chi connectivity index (χ2n) is 6.83. The van der Waals surface area contributed by atoms with Gasteiger partial charge in [-0.2, -0.15) is 0 Å². The van der Waals surface area contributed by atoms with Gasteiger partial charge in [-0.05, 0) is 48.4 Å². The molecule has 1 fully saturated rings. The van der Waals surface area contributed by atoms with Crippen LogP contribution in [0.2, 0.25) is 5.02 Å². The van der Waals surface area contributed by atoms with E-state index < -0.39 is 0 Å². The summed E-state index contributed by atoms with van der Waals surface area (Å²) >= 11 is 6.26. The third kappa shape index (κ3) is 3.21. The van der Waals surface area contributed by atoms with E-state index in [0.29, 0.717) is 22.4 Å². The van der Waals surface area contributed by atoms with E-state index in [1.807, 2.05) is 19.1 Å². The Bertz CT molecular complexity index is 743. The lowest BCUT2D eigenvalue weighted by Gasteiger charge is -2.35. The van der Waals surface area contributed by atoms with Gasteiger partial charge in [0.1, 0.15) is 5.58 Å². The number of hydrogen-bond acceptors (Lipinski definition) is 3. The van der Waals surface area contributed by atoms with E-state index in [1.165, 1.54) is 6.42 Å². The van der Waals surface area contributed by atoms with Crippen LogP contribution in [-0.2, 0) is 6.54 Å². The first-order valence-electron chi connectivity index (χ1n) is 7.87. The summed E-state index contributed by atoms with van der Waals surface area (Å²) in [6.45, 7) is 9.43. The van der Waals surface area contributed by atoms with Crippen molar-refractivity contribution in [2.24, 2.45) is 11.8 Å². The molecule has 3 rings (SSSR count). The third-order valence-electron chi connectivity index (χ3n) is 4.45. The summed E-state index contributed by atoms with van der Waals surface area (Å²) < 4.78 is 5.34. The molecule has 0 radical (unpaired) electrons. The molecule has 0 bridgehead atoms. The fraction of sp³-hybridized carbons (Fsp3) is 0.500. The first-order valence-corrected chi connectivity index (χ1v) is 8.25. The summed E-state index contributed by atoms with van der Waals surface area (Å²) in [6, 6.07) is 5.38. The van der Waals surface area contributed by atoms with Crippen LogP contribution in [0.4, 0.5) is 0 Å². The van der Waals surface area contributed by atoms with Gasteiger partial charge in [0.2, 0.25) is 0 Å². The Morgan fingerprint density at radius 2 is 1.91 bits per heavy atom. The van der Waals surface area contributed by atoms with Crippen LogP contribution in [0.25, 0.3) is 11.0 Å². The van der Waals surface area contributed by atoms with E-state index in [1.54, 1.807) is 6.07 Å². The van der Waals surface area contributed by atoms with Crippen LogP contribution in [0.5, 0.6) is 0 Å². The van der Waals surface area contributed by atoms with Crippen LogP contribution in [0.3, 0.4) is 0 Å². The first-order chi connectivity index (χ1) is 10.4. The molecule has 0 spiro atoms. The van der Waals surface area contributed by atoms with Crippen LogP contribution in [-0.4, -0.2) is 18.0 Å². The average molecular weight is 320 g/mol. The van der Waals surface area contributed by atoms with E-state index in [4.69, 9.17) is 16.0 Å². The van der Waals surface area contributed by atoms with Crippen LogP contribution < -0.4 is 5.63 Å². The molecule has 22 heavy (non-hydrogen) atoms. The quantitative estimate of drug-likeness (QED) is 0.777. The normalized spacial score (nSPS) is 23.1. The molecule has 2 atom stereocenters. The molecular formula is C18H22ClNO2. The van der Waals surface area contributed by atoms with Crippen LogP contribution in [0.15, 0.2) is 27.4 Å². The summed E-state index contributed by atoms with van der Waals surface area (Å²) in [5.74, 6) is 1.39. The number of aryl methyl sites for hydroxylation is 1. The van der Waals surface area contributed by atoms with Crippen molar-refractivity contribution >= 4 is 22.6 Å². The topological polar surface area (TPSA) is 33.5 Å². The Morgan fingerprint density at radius 1 is 1.23 bits per heavy atom. The molecule has 1 aromatic carbocycles. The largest absolute Gasteiger partial charge is 0.423 e. The van der Waals surface area contributed by atoms with Crippen molar-refractivity contribution in [2.45, 2.75) is 33.7 Å². The van der Waals surface area contributed by atoms with Crippen molar-refractivity contribution in [3.8, 4) is 0 Å². The lowest BCUT2D eigenvalue weighted by Crippen LogP contribution is -2.38. The minimum atomic E-state index is -0.290. The summed E-state index contributed by atoms with van der Waals surface area (Å²) in [5, 5.41) is 1.66. The zero-order valence-corrected chi connectivity index (χ0v) is 14.1. The standard InChI is InChI=1S/C18H22ClNO2/c1-11-4-12(2)9-20(8-11)10-14-6-18(21)22-17-5-13(3)16(19)7-15(14)17/h5-7,11-12H,4,8-10H2,1-3H3. The second-order valence-corrected chi connectivity index (χ2v) is 7.24. The Hall–Kier alpha value is -1.32. The van der Waals surface area contributed by atoms with Gasteiger partial charge in [0.05, 0.1) is 0 Å². The molecule has 1 saturated heterocycles. The van der Waals surface area contributed by atoms with Gasteiger partial charge < -0.3 is 4.42 Å². The van der Waals surface area contributed by atoms with Crippen LogP contribution in [0, 0.1) is 18.8 Å². The second kappa shape index (κ2) is 6.05. The average Bonchev–Trinajstić information content (AvgIpc) is 2.39. The zero-order valence-electron chi connectivity index (χ0n) is 13.4. The maximum atomic E-state index is 11.9. The minimum absolute atomic E-state index is 0.290. The van der Waals surface area contributed by atoms with Crippen molar-refractivity contribution < 1.29 is 4.42 Å². The van der Waals surface area contributed by atoms with Crippen molar-refractivity contribution in [3.05, 3.63) is 44.8 Å². The molecule has 0 saturated carbocycles. The Labute approximate surface area is 135 Å². The first kappa shape index (κ1) is 15.6.